The summed E-state index contributed by atoms with van der Waals surface area (Å²) in [5.74, 6) is 0. The molecule has 0 saturated heterocycles. The minimum absolute atomic E-state index is 1.06. The van der Waals surface area contributed by atoms with Crippen LogP contribution >= 0.6 is 0 Å². The van der Waals surface area contributed by atoms with Crippen molar-refractivity contribution in [2.75, 3.05) is 12.1 Å². The van der Waals surface area contributed by atoms with Gasteiger partial charge in [-0.25, -0.2) is 0 Å². The molecular formula is C26H21N3. The molecule has 0 fully saturated rings. The summed E-state index contributed by atoms with van der Waals surface area (Å²) < 4.78 is 2.32. The van der Waals surface area contributed by atoms with Crippen LogP contribution in [0, 0.1) is 0 Å². The van der Waals surface area contributed by atoms with E-state index in [9.17, 15) is 0 Å². The van der Waals surface area contributed by atoms with E-state index in [1.807, 2.05) is 48.6 Å². The monoisotopic (exact) mass is 375 g/mol. The van der Waals surface area contributed by atoms with E-state index < -0.39 is 0 Å². The maximum absolute atomic E-state index is 4.56. The lowest BCUT2D eigenvalue weighted by molar-refractivity contribution is 1.02. The first kappa shape index (κ1) is 17.3. The maximum Gasteiger partial charge on any atom is 0.0590 e. The summed E-state index contributed by atoms with van der Waals surface area (Å²) in [5.41, 5.74) is 5.72. The molecule has 0 amide bonds. The van der Waals surface area contributed by atoms with E-state index in [2.05, 4.69) is 82.5 Å². The molecule has 5 aromatic rings. The summed E-state index contributed by atoms with van der Waals surface area (Å²) in [7, 11) is 1.96. The fourth-order valence-corrected chi connectivity index (χ4v) is 3.77. The molecule has 0 aliphatic carbocycles. The van der Waals surface area contributed by atoms with Gasteiger partial charge in [0, 0.05) is 23.5 Å². The Labute approximate surface area is 170 Å². The highest BCUT2D eigenvalue weighted by molar-refractivity contribution is 6.09. The van der Waals surface area contributed by atoms with Crippen molar-refractivity contribution in [2.45, 2.75) is 0 Å². The second kappa shape index (κ2) is 7.28. The van der Waals surface area contributed by atoms with Crippen molar-refractivity contribution < 1.29 is 0 Å². The zero-order valence-electron chi connectivity index (χ0n) is 16.2. The van der Waals surface area contributed by atoms with Gasteiger partial charge in [-0.05, 0) is 42.0 Å². The van der Waals surface area contributed by atoms with Crippen LogP contribution in [0.4, 0.5) is 5.69 Å². The predicted octanol–water partition coefficient (Wildman–Crippen LogP) is 6.25. The Morgan fingerprint density at radius 2 is 1.21 bits per heavy atom. The molecule has 1 heterocycles. The quantitative estimate of drug-likeness (QED) is 0.268. The molecule has 0 saturated carbocycles. The van der Waals surface area contributed by atoms with Gasteiger partial charge in [0.05, 0.1) is 22.9 Å². The van der Waals surface area contributed by atoms with Crippen LogP contribution in [0.1, 0.15) is 5.56 Å². The van der Waals surface area contributed by atoms with Crippen LogP contribution in [0.2, 0.25) is 0 Å². The lowest BCUT2D eigenvalue weighted by Gasteiger charge is -2.12. The van der Waals surface area contributed by atoms with Gasteiger partial charge in [-0.15, -0.1) is 0 Å². The van der Waals surface area contributed by atoms with Gasteiger partial charge in [-0.1, -0.05) is 66.7 Å². The van der Waals surface area contributed by atoms with Gasteiger partial charge in [-0.3, -0.25) is 5.01 Å². The number of para-hydroxylation sites is 3. The summed E-state index contributed by atoms with van der Waals surface area (Å²) >= 11 is 0. The van der Waals surface area contributed by atoms with Crippen molar-refractivity contribution in [2.24, 2.45) is 5.10 Å². The highest BCUT2D eigenvalue weighted by atomic mass is 15.4. The topological polar surface area (TPSA) is 20.5 Å². The van der Waals surface area contributed by atoms with Crippen molar-refractivity contribution in [3.63, 3.8) is 0 Å². The highest BCUT2D eigenvalue weighted by Crippen LogP contribution is 2.31. The summed E-state index contributed by atoms with van der Waals surface area (Å²) in [6.45, 7) is 0. The number of nitrogens with zero attached hydrogens (tertiary/aromatic N) is 3. The lowest BCUT2D eigenvalue weighted by atomic mass is 10.2. The van der Waals surface area contributed by atoms with E-state index in [1.165, 1.54) is 21.8 Å². The van der Waals surface area contributed by atoms with Crippen molar-refractivity contribution >= 4 is 33.7 Å². The number of hydrazone groups is 1. The first-order chi connectivity index (χ1) is 14.3. The number of hydrogen-bond donors (Lipinski definition) is 0. The van der Waals surface area contributed by atoms with Crippen molar-refractivity contribution in [1.82, 2.24) is 4.57 Å². The normalized spacial score (nSPS) is 11.5. The van der Waals surface area contributed by atoms with Crippen LogP contribution in [-0.4, -0.2) is 17.8 Å². The van der Waals surface area contributed by atoms with E-state index in [4.69, 9.17) is 0 Å². The van der Waals surface area contributed by atoms with Gasteiger partial charge in [0.25, 0.3) is 0 Å². The van der Waals surface area contributed by atoms with Crippen LogP contribution < -0.4 is 5.01 Å². The molecule has 0 N–H and O–H groups in total. The Kier molecular flexibility index (Phi) is 4.34. The zero-order chi connectivity index (χ0) is 19.6. The molecule has 0 aliphatic heterocycles. The van der Waals surface area contributed by atoms with Crippen molar-refractivity contribution in [3.8, 4) is 5.69 Å². The summed E-state index contributed by atoms with van der Waals surface area (Å²) in [5, 5.41) is 8.99. The molecule has 0 radical (unpaired) electrons. The third-order valence-electron chi connectivity index (χ3n) is 5.24. The average Bonchev–Trinajstić information content (AvgIpc) is 3.13. The maximum atomic E-state index is 4.56. The Morgan fingerprint density at radius 3 is 1.83 bits per heavy atom. The Bertz CT molecular complexity index is 1250. The molecule has 0 spiro atoms. The largest absolute Gasteiger partial charge is 0.309 e. The Balaban J connectivity index is 1.50. The first-order valence-electron chi connectivity index (χ1n) is 9.73. The van der Waals surface area contributed by atoms with Crippen LogP contribution in [-0.2, 0) is 0 Å². The van der Waals surface area contributed by atoms with E-state index in [-0.39, 0.29) is 0 Å². The fraction of sp³-hybridized carbons (Fsp3) is 0.0385. The van der Waals surface area contributed by atoms with Crippen LogP contribution in [0.3, 0.4) is 0 Å². The van der Waals surface area contributed by atoms with Crippen LogP contribution in [0.15, 0.2) is 108 Å². The number of fused-ring (bicyclic) bond motifs is 3. The van der Waals surface area contributed by atoms with Gasteiger partial charge < -0.3 is 4.57 Å². The number of aromatic nitrogens is 1. The Morgan fingerprint density at radius 1 is 0.655 bits per heavy atom. The standard InChI is InChI=1S/C26H21N3/c1-28(21-9-3-2-4-10-21)27-19-20-15-17-22(18-16-20)29-25-13-7-5-11-23(25)24-12-6-8-14-26(24)29/h2-19H,1H3/b27-19+. The van der Waals surface area contributed by atoms with Crippen LogP contribution in [0.25, 0.3) is 27.5 Å². The average molecular weight is 375 g/mol. The van der Waals surface area contributed by atoms with Gasteiger partial charge in [0.2, 0.25) is 0 Å². The predicted molar refractivity (Wildman–Crippen MR) is 123 cm³/mol. The molecule has 0 aliphatic rings. The third-order valence-corrected chi connectivity index (χ3v) is 5.24. The first-order valence-corrected chi connectivity index (χ1v) is 9.73. The minimum Gasteiger partial charge on any atom is -0.309 e. The summed E-state index contributed by atoms with van der Waals surface area (Å²) in [6.07, 6.45) is 1.89. The third kappa shape index (κ3) is 3.17. The molecule has 3 heteroatoms. The summed E-state index contributed by atoms with van der Waals surface area (Å²) in [4.78, 5) is 0. The number of benzene rings is 4. The van der Waals surface area contributed by atoms with Crippen molar-refractivity contribution in [1.29, 1.82) is 0 Å². The molecule has 0 unspecified atom stereocenters. The number of hydrogen-bond acceptors (Lipinski definition) is 2. The second-order valence-corrected chi connectivity index (χ2v) is 7.06. The smallest absolute Gasteiger partial charge is 0.0590 e. The number of rotatable bonds is 4. The van der Waals surface area contributed by atoms with Gasteiger partial charge >= 0.3 is 0 Å². The SMILES string of the molecule is CN(/N=C/c1ccc(-n2c3ccccc3c3ccccc32)cc1)c1ccccc1. The summed E-state index contributed by atoms with van der Waals surface area (Å²) in [6, 6.07) is 35.8. The van der Waals surface area contributed by atoms with Crippen molar-refractivity contribution in [3.05, 3.63) is 109 Å². The molecule has 3 nitrogen and oxygen atoms in total. The number of anilines is 1. The second-order valence-electron chi connectivity index (χ2n) is 7.06. The van der Waals surface area contributed by atoms with Gasteiger partial charge in [-0.2, -0.15) is 5.10 Å². The van der Waals surface area contributed by atoms with E-state index >= 15 is 0 Å². The van der Waals surface area contributed by atoms with E-state index in [0.717, 1.165) is 16.9 Å². The molecule has 140 valence electrons. The lowest BCUT2D eigenvalue weighted by Crippen LogP contribution is -2.08. The van der Waals surface area contributed by atoms with Gasteiger partial charge in [0.15, 0.2) is 0 Å². The molecule has 0 atom stereocenters. The van der Waals surface area contributed by atoms with E-state index in [0.29, 0.717) is 0 Å². The fourth-order valence-electron chi connectivity index (χ4n) is 3.77. The zero-order valence-corrected chi connectivity index (χ0v) is 16.2. The van der Waals surface area contributed by atoms with Gasteiger partial charge in [0.1, 0.15) is 0 Å². The molecule has 5 rings (SSSR count). The minimum atomic E-state index is 1.06. The molecule has 1 aromatic heterocycles. The Hall–Kier alpha value is -3.85. The highest BCUT2D eigenvalue weighted by Gasteiger charge is 2.10. The molecule has 4 aromatic carbocycles. The molecule has 0 bridgehead atoms. The molecular weight excluding hydrogens is 354 g/mol. The van der Waals surface area contributed by atoms with Crippen LogP contribution in [0.5, 0.6) is 0 Å². The van der Waals surface area contributed by atoms with E-state index in [1.54, 1.807) is 0 Å². The molecule has 29 heavy (non-hydrogen) atoms.